The molecule has 2 unspecified atom stereocenters. The second-order valence-corrected chi connectivity index (χ2v) is 10.6. The Hall–Kier alpha value is -0.730. The number of rotatable bonds is 8. The maximum absolute atomic E-state index is 13.1. The molecule has 2 saturated carbocycles. The van der Waals surface area contributed by atoms with Crippen molar-refractivity contribution in [2.75, 3.05) is 0 Å². The smallest absolute Gasteiger partial charge is 0.134 e. The lowest BCUT2D eigenvalue weighted by atomic mass is 9.83. The lowest BCUT2D eigenvalue weighted by molar-refractivity contribution is -0.120. The van der Waals surface area contributed by atoms with E-state index >= 15 is 0 Å². The first-order chi connectivity index (χ1) is 13.3. The average molecular weight is 456 g/mol. The van der Waals surface area contributed by atoms with Gasteiger partial charge in [0, 0.05) is 34.7 Å². The fourth-order valence-corrected chi connectivity index (χ4v) is 4.91. The van der Waals surface area contributed by atoms with Crippen LogP contribution in [-0.4, -0.2) is 15.5 Å². The van der Waals surface area contributed by atoms with Crippen LogP contribution in [0.2, 0.25) is 10.0 Å². The SMILES string of the molecule is O=C(CC(c1ccc(Cl)cc1)C1(Cl)CC1)CC(c1ccc(Cl)cc1)C1(Cl)CC1. The minimum Gasteiger partial charge on any atom is -0.300 e. The second-order valence-electron chi connectivity index (χ2n) is 8.22. The molecule has 4 rings (SSSR count). The maximum atomic E-state index is 13.1. The van der Waals surface area contributed by atoms with Crippen molar-refractivity contribution in [3.63, 3.8) is 0 Å². The standard InChI is InChI=1S/C23H22Cl4O/c24-17-5-1-15(2-6-17)20(22(26)9-10-22)13-19(28)14-21(23(27)11-12-23)16-3-7-18(25)8-4-16/h1-8,20-21H,9-14H2. The highest BCUT2D eigenvalue weighted by Gasteiger charge is 2.51. The Bertz CT molecular complexity index is 780. The Morgan fingerprint density at radius 1 is 0.714 bits per heavy atom. The van der Waals surface area contributed by atoms with Gasteiger partial charge in [-0.05, 0) is 61.1 Å². The predicted octanol–water partition coefficient (Wildman–Crippen LogP) is 7.75. The van der Waals surface area contributed by atoms with Gasteiger partial charge in [0.15, 0.2) is 0 Å². The van der Waals surface area contributed by atoms with E-state index in [0.29, 0.717) is 22.9 Å². The van der Waals surface area contributed by atoms with Gasteiger partial charge in [0.05, 0.1) is 9.75 Å². The van der Waals surface area contributed by atoms with Gasteiger partial charge in [0.2, 0.25) is 0 Å². The van der Waals surface area contributed by atoms with E-state index in [0.717, 1.165) is 36.8 Å². The van der Waals surface area contributed by atoms with Crippen molar-refractivity contribution in [1.82, 2.24) is 0 Å². The third kappa shape index (κ3) is 4.54. The molecule has 2 atom stereocenters. The normalized spacial score (nSPS) is 21.0. The Morgan fingerprint density at radius 2 is 1.04 bits per heavy atom. The van der Waals surface area contributed by atoms with Gasteiger partial charge in [-0.2, -0.15) is 0 Å². The van der Waals surface area contributed by atoms with E-state index in [-0.39, 0.29) is 27.4 Å². The second kappa shape index (κ2) is 7.84. The highest BCUT2D eigenvalue weighted by molar-refractivity contribution is 6.31. The van der Waals surface area contributed by atoms with Crippen LogP contribution in [0.3, 0.4) is 0 Å². The van der Waals surface area contributed by atoms with Crippen molar-refractivity contribution in [1.29, 1.82) is 0 Å². The third-order valence-corrected chi connectivity index (χ3v) is 7.90. The average Bonchev–Trinajstić information content (AvgIpc) is 3.59. The van der Waals surface area contributed by atoms with Gasteiger partial charge in [0.25, 0.3) is 0 Å². The number of benzene rings is 2. The molecule has 0 bridgehead atoms. The fraction of sp³-hybridized carbons (Fsp3) is 0.435. The van der Waals surface area contributed by atoms with Crippen molar-refractivity contribution in [2.24, 2.45) is 0 Å². The Kier molecular flexibility index (Phi) is 5.75. The minimum absolute atomic E-state index is 0.00952. The van der Waals surface area contributed by atoms with Crippen molar-refractivity contribution in [3.8, 4) is 0 Å². The van der Waals surface area contributed by atoms with E-state index in [1.807, 2.05) is 48.5 Å². The van der Waals surface area contributed by atoms with Gasteiger partial charge in [-0.1, -0.05) is 47.5 Å². The quantitative estimate of drug-likeness (QED) is 0.371. The molecule has 2 aliphatic rings. The van der Waals surface area contributed by atoms with E-state index in [9.17, 15) is 4.79 Å². The molecule has 0 N–H and O–H groups in total. The first kappa shape index (κ1) is 20.5. The molecule has 0 aromatic heterocycles. The minimum atomic E-state index is -0.308. The molecule has 5 heteroatoms. The molecule has 2 fully saturated rings. The van der Waals surface area contributed by atoms with Gasteiger partial charge >= 0.3 is 0 Å². The van der Waals surface area contributed by atoms with E-state index in [4.69, 9.17) is 46.4 Å². The summed E-state index contributed by atoms with van der Waals surface area (Å²) >= 11 is 25.6. The first-order valence-corrected chi connectivity index (χ1v) is 11.2. The van der Waals surface area contributed by atoms with E-state index in [2.05, 4.69) is 0 Å². The number of hydrogen-bond donors (Lipinski definition) is 0. The molecule has 2 aromatic carbocycles. The summed E-state index contributed by atoms with van der Waals surface area (Å²) in [7, 11) is 0. The van der Waals surface area contributed by atoms with Crippen LogP contribution in [0, 0.1) is 0 Å². The Labute approximate surface area is 186 Å². The van der Waals surface area contributed by atoms with Crippen LogP contribution in [0.4, 0.5) is 0 Å². The van der Waals surface area contributed by atoms with Crippen LogP contribution in [-0.2, 0) is 4.79 Å². The third-order valence-electron chi connectivity index (χ3n) is 6.11. The lowest BCUT2D eigenvalue weighted by Crippen LogP contribution is -2.22. The summed E-state index contributed by atoms with van der Waals surface area (Å²) in [6.07, 6.45) is 4.62. The summed E-state index contributed by atoms with van der Waals surface area (Å²) in [6.45, 7) is 0. The summed E-state index contributed by atoms with van der Waals surface area (Å²) in [5, 5.41) is 1.38. The van der Waals surface area contributed by atoms with Crippen molar-refractivity contribution < 1.29 is 4.79 Å². The molecule has 0 amide bonds. The lowest BCUT2D eigenvalue weighted by Gasteiger charge is -2.25. The molecular formula is C23H22Cl4O. The fourth-order valence-electron chi connectivity index (χ4n) is 4.06. The maximum Gasteiger partial charge on any atom is 0.134 e. The molecule has 0 spiro atoms. The van der Waals surface area contributed by atoms with Crippen LogP contribution < -0.4 is 0 Å². The number of halogens is 4. The molecule has 0 aliphatic heterocycles. The highest BCUT2D eigenvalue weighted by atomic mass is 35.5. The zero-order valence-corrected chi connectivity index (χ0v) is 18.5. The monoisotopic (exact) mass is 454 g/mol. The van der Waals surface area contributed by atoms with Gasteiger partial charge in [-0.3, -0.25) is 4.79 Å². The summed E-state index contributed by atoms with van der Waals surface area (Å²) in [5.41, 5.74) is 2.17. The molecule has 1 nitrogen and oxygen atoms in total. The Balaban J connectivity index is 1.52. The topological polar surface area (TPSA) is 17.1 Å². The van der Waals surface area contributed by atoms with Gasteiger partial charge in [0.1, 0.15) is 5.78 Å². The molecule has 0 saturated heterocycles. The number of Topliss-reactive ketones (excluding diaryl/α,β-unsaturated/α-hetero) is 1. The van der Waals surface area contributed by atoms with Crippen LogP contribution in [0.15, 0.2) is 48.5 Å². The van der Waals surface area contributed by atoms with E-state index in [1.165, 1.54) is 0 Å². The largest absolute Gasteiger partial charge is 0.300 e. The van der Waals surface area contributed by atoms with Crippen molar-refractivity contribution in [3.05, 3.63) is 69.7 Å². The van der Waals surface area contributed by atoms with Gasteiger partial charge in [-0.25, -0.2) is 0 Å². The molecule has 0 radical (unpaired) electrons. The number of hydrogen-bond acceptors (Lipinski definition) is 1. The molecule has 148 valence electrons. The number of carbonyl (C=O) groups excluding carboxylic acids is 1. The van der Waals surface area contributed by atoms with Crippen LogP contribution in [0.25, 0.3) is 0 Å². The van der Waals surface area contributed by atoms with E-state index < -0.39 is 0 Å². The molecule has 2 aromatic rings. The first-order valence-electron chi connectivity index (χ1n) is 9.70. The Morgan fingerprint density at radius 3 is 1.32 bits per heavy atom. The zero-order valence-electron chi connectivity index (χ0n) is 15.4. The number of ketones is 1. The molecule has 28 heavy (non-hydrogen) atoms. The summed E-state index contributed by atoms with van der Waals surface area (Å²) in [4.78, 5) is 12.5. The number of alkyl halides is 2. The van der Waals surface area contributed by atoms with Crippen LogP contribution >= 0.6 is 46.4 Å². The molecule has 0 heterocycles. The van der Waals surface area contributed by atoms with E-state index in [1.54, 1.807) is 0 Å². The van der Waals surface area contributed by atoms with Gasteiger partial charge in [-0.15, -0.1) is 23.2 Å². The van der Waals surface area contributed by atoms with Gasteiger partial charge < -0.3 is 0 Å². The highest BCUT2D eigenvalue weighted by Crippen LogP contribution is 2.57. The summed E-state index contributed by atoms with van der Waals surface area (Å²) < 4.78 is 0. The zero-order chi connectivity index (χ0) is 19.9. The van der Waals surface area contributed by atoms with Crippen LogP contribution in [0.5, 0.6) is 0 Å². The molecule has 2 aliphatic carbocycles. The summed E-state index contributed by atoms with van der Waals surface area (Å²) in [5.74, 6) is 0.226. The van der Waals surface area contributed by atoms with Crippen LogP contribution in [0.1, 0.15) is 61.5 Å². The van der Waals surface area contributed by atoms with Crippen molar-refractivity contribution >= 4 is 52.2 Å². The molecular weight excluding hydrogens is 434 g/mol. The summed E-state index contributed by atoms with van der Waals surface area (Å²) in [6, 6.07) is 15.4. The number of carbonyl (C=O) groups is 1. The van der Waals surface area contributed by atoms with Crippen molar-refractivity contribution in [2.45, 2.75) is 60.1 Å². The predicted molar refractivity (Wildman–Crippen MR) is 118 cm³/mol.